The second-order valence-corrected chi connectivity index (χ2v) is 7.92. The summed E-state index contributed by atoms with van der Waals surface area (Å²) < 4.78 is 0. The van der Waals surface area contributed by atoms with Crippen molar-refractivity contribution in [2.24, 2.45) is 23.4 Å². The molecule has 0 fully saturated rings. The van der Waals surface area contributed by atoms with E-state index >= 15 is 0 Å². The molecule has 0 rings (SSSR count). The Bertz CT molecular complexity index is 597. The normalized spacial score (nSPS) is 9.87. The van der Waals surface area contributed by atoms with Crippen LogP contribution in [0.1, 0.15) is 25.7 Å². The predicted octanol–water partition coefficient (Wildman–Crippen LogP) is -4.62. The average molecular weight is 469 g/mol. The van der Waals surface area contributed by atoms with Gasteiger partial charge in [0.05, 0.1) is 0 Å². The van der Waals surface area contributed by atoms with E-state index in [0.29, 0.717) is 24.3 Å². The van der Waals surface area contributed by atoms with E-state index in [-0.39, 0.29) is 23.1 Å². The third kappa shape index (κ3) is 11.4. The van der Waals surface area contributed by atoms with Crippen LogP contribution in [0.5, 0.6) is 0 Å². The average Bonchev–Trinajstić information content (AvgIpc) is 2.72. The van der Waals surface area contributed by atoms with Crippen LogP contribution in [0, 0.1) is 0 Å². The Kier molecular flexibility index (Phi) is 13.9. The number of carbonyl (C=O) groups excluding carboxylic acids is 6. The van der Waals surface area contributed by atoms with Crippen LogP contribution >= 0.6 is 21.6 Å². The van der Waals surface area contributed by atoms with Crippen LogP contribution in [0.25, 0.3) is 0 Å². The summed E-state index contributed by atoms with van der Waals surface area (Å²) >= 11 is 0. The summed E-state index contributed by atoms with van der Waals surface area (Å²) in [6.07, 6.45) is 1.08. The first-order chi connectivity index (χ1) is 14.1. The zero-order valence-electron chi connectivity index (χ0n) is 15.7. The summed E-state index contributed by atoms with van der Waals surface area (Å²) in [5, 5.41) is 0.492. The predicted molar refractivity (Wildman–Crippen MR) is 106 cm³/mol. The molecular formula is C12H24N10O6S2. The van der Waals surface area contributed by atoms with Crippen molar-refractivity contribution in [1.82, 2.24) is 31.9 Å². The van der Waals surface area contributed by atoms with Crippen molar-refractivity contribution in [2.45, 2.75) is 25.7 Å². The molecule has 0 aromatic rings. The number of nitrogens with one attached hydrogen (secondary N) is 4. The Morgan fingerprint density at radius 2 is 1.00 bits per heavy atom. The second-order valence-electron chi connectivity index (χ2n) is 5.22. The van der Waals surface area contributed by atoms with E-state index in [4.69, 9.17) is 23.4 Å². The number of hydrogen-bond donors (Lipinski definition) is 8. The van der Waals surface area contributed by atoms with Crippen LogP contribution < -0.4 is 45.1 Å². The molecule has 0 atom stereocenters. The molecule has 0 aromatic heterocycles. The largest absolute Gasteiger partial charge is 0.346 e. The molecule has 0 aliphatic carbocycles. The second kappa shape index (κ2) is 15.2. The number of hydrogen-bond acceptors (Lipinski definition) is 12. The minimum atomic E-state index is -1.22. The van der Waals surface area contributed by atoms with Crippen LogP contribution in [0.15, 0.2) is 0 Å². The Hall–Kier alpha value is -2.64. The van der Waals surface area contributed by atoms with Crippen molar-refractivity contribution in [1.29, 1.82) is 0 Å². The third-order valence-corrected chi connectivity index (χ3v) is 5.50. The van der Waals surface area contributed by atoms with Crippen LogP contribution in [0.4, 0.5) is 0 Å². The lowest BCUT2D eigenvalue weighted by Gasteiger charge is -2.16. The molecular weight excluding hydrogens is 444 g/mol. The summed E-state index contributed by atoms with van der Waals surface area (Å²) in [5.74, 6) is 15.3. The summed E-state index contributed by atoms with van der Waals surface area (Å²) in [6.45, 7) is 0. The Morgan fingerprint density at radius 1 is 0.667 bits per heavy atom. The van der Waals surface area contributed by atoms with Gasteiger partial charge in [0, 0.05) is 24.3 Å². The molecule has 0 saturated carbocycles. The number of nitrogens with two attached hydrogens (primary N) is 4. The Balaban J connectivity index is 3.78. The maximum Gasteiger partial charge on any atom is 0.346 e. The smallest absolute Gasteiger partial charge is 0.286 e. The maximum absolute atomic E-state index is 11.6. The molecule has 12 N–H and O–H groups in total. The van der Waals surface area contributed by atoms with Gasteiger partial charge in [0.15, 0.2) is 0 Å². The first-order valence-electron chi connectivity index (χ1n) is 8.16. The highest BCUT2D eigenvalue weighted by molar-refractivity contribution is 8.76. The fraction of sp³-hybridized carbons (Fsp3) is 0.500. The summed E-state index contributed by atoms with van der Waals surface area (Å²) in [6, 6.07) is 0. The molecule has 6 amide bonds. The van der Waals surface area contributed by atoms with Gasteiger partial charge in [0.25, 0.3) is 0 Å². The van der Waals surface area contributed by atoms with E-state index in [0.717, 1.165) is 0 Å². The standard InChI is InChI=1S/C12H24N10O6S2/c13-17-9(25)11(27)21(15)19-7(23)3-1-5-29-30-6-2-4-8(24)20-22(16)12(28)10(26)18-14/h1-6,13-16H2,(H,17,25)(H,18,26)(H,19,23)(H,20,24). The molecule has 0 bridgehead atoms. The first-order valence-corrected chi connectivity index (χ1v) is 10.7. The van der Waals surface area contributed by atoms with Crippen molar-refractivity contribution in [3.8, 4) is 0 Å². The van der Waals surface area contributed by atoms with Gasteiger partial charge in [0.1, 0.15) is 0 Å². The van der Waals surface area contributed by atoms with Gasteiger partial charge in [-0.1, -0.05) is 21.6 Å². The number of carbonyl (C=O) groups is 6. The van der Waals surface area contributed by atoms with Crippen molar-refractivity contribution in [3.63, 3.8) is 0 Å². The molecule has 0 aliphatic rings. The Labute approximate surface area is 178 Å². The molecule has 0 unspecified atom stereocenters. The van der Waals surface area contributed by atoms with Crippen molar-refractivity contribution in [3.05, 3.63) is 0 Å². The molecule has 0 aromatic carbocycles. The molecule has 0 saturated heterocycles. The van der Waals surface area contributed by atoms with E-state index < -0.39 is 35.4 Å². The number of nitrogens with zero attached hydrogens (tertiary/aromatic N) is 2. The van der Waals surface area contributed by atoms with Gasteiger partial charge >= 0.3 is 23.6 Å². The van der Waals surface area contributed by atoms with Crippen LogP contribution in [-0.2, 0) is 28.8 Å². The SMILES string of the molecule is NNC(=O)C(=O)N(N)NC(=O)CCCSSCCCC(=O)NN(N)C(=O)C(=O)NN. The van der Waals surface area contributed by atoms with Gasteiger partial charge in [-0.05, 0) is 12.8 Å². The minimum Gasteiger partial charge on any atom is -0.286 e. The zero-order valence-corrected chi connectivity index (χ0v) is 17.3. The van der Waals surface area contributed by atoms with Crippen molar-refractivity contribution < 1.29 is 28.8 Å². The zero-order chi connectivity index (χ0) is 23.1. The van der Waals surface area contributed by atoms with E-state index in [1.54, 1.807) is 10.9 Å². The van der Waals surface area contributed by atoms with Gasteiger partial charge in [-0.25, -0.2) is 34.2 Å². The molecule has 16 nitrogen and oxygen atoms in total. The van der Waals surface area contributed by atoms with Gasteiger partial charge in [-0.3, -0.25) is 39.6 Å². The monoisotopic (exact) mass is 468 g/mol. The summed E-state index contributed by atoms with van der Waals surface area (Å²) in [7, 11) is 2.93. The van der Waals surface area contributed by atoms with Gasteiger partial charge < -0.3 is 0 Å². The van der Waals surface area contributed by atoms with Gasteiger partial charge in [0.2, 0.25) is 11.8 Å². The summed E-state index contributed by atoms with van der Waals surface area (Å²) in [5.41, 5.74) is 7.23. The fourth-order valence-corrected chi connectivity index (χ4v) is 3.70. The molecule has 30 heavy (non-hydrogen) atoms. The lowest BCUT2D eigenvalue weighted by molar-refractivity contribution is -0.150. The Morgan fingerprint density at radius 3 is 1.30 bits per heavy atom. The minimum absolute atomic E-state index is 0.0674. The number of hydrazine groups is 6. The highest BCUT2D eigenvalue weighted by Crippen LogP contribution is 2.23. The summed E-state index contributed by atoms with van der Waals surface area (Å²) in [4.78, 5) is 67.7. The first kappa shape index (κ1) is 27.4. The highest BCUT2D eigenvalue weighted by Gasteiger charge is 2.20. The topological polar surface area (TPSA) is 261 Å². The van der Waals surface area contributed by atoms with Gasteiger partial charge in [-0.2, -0.15) is 10.2 Å². The van der Waals surface area contributed by atoms with Crippen LogP contribution in [-0.4, -0.2) is 57.2 Å². The molecule has 0 aliphatic heterocycles. The van der Waals surface area contributed by atoms with E-state index in [1.165, 1.54) is 21.6 Å². The molecule has 0 heterocycles. The van der Waals surface area contributed by atoms with E-state index in [1.807, 2.05) is 10.9 Å². The molecule has 0 radical (unpaired) electrons. The molecule has 170 valence electrons. The van der Waals surface area contributed by atoms with Crippen molar-refractivity contribution >= 4 is 57.0 Å². The quantitative estimate of drug-likeness (QED) is 0.0396. The maximum atomic E-state index is 11.6. The lowest BCUT2D eigenvalue weighted by atomic mass is 10.3. The van der Waals surface area contributed by atoms with Crippen LogP contribution in [0.3, 0.4) is 0 Å². The highest BCUT2D eigenvalue weighted by atomic mass is 33.1. The lowest BCUT2D eigenvalue weighted by Crippen LogP contribution is -2.56. The van der Waals surface area contributed by atoms with Crippen LogP contribution in [0.2, 0.25) is 0 Å². The van der Waals surface area contributed by atoms with Crippen molar-refractivity contribution in [2.75, 3.05) is 11.5 Å². The number of rotatable bonds is 9. The van der Waals surface area contributed by atoms with Gasteiger partial charge in [-0.15, -0.1) is 0 Å². The van der Waals surface area contributed by atoms with E-state index in [9.17, 15) is 28.8 Å². The van der Waals surface area contributed by atoms with E-state index in [2.05, 4.69) is 0 Å². The molecule has 0 spiro atoms. The third-order valence-electron chi connectivity index (χ3n) is 2.92. The fourth-order valence-electron chi connectivity index (χ4n) is 1.53. The number of amides is 6. The molecule has 18 heteroatoms.